The minimum absolute atomic E-state index is 0.422. The van der Waals surface area contributed by atoms with E-state index in [-0.39, 0.29) is 0 Å². The van der Waals surface area contributed by atoms with Crippen LogP contribution in [0.3, 0.4) is 0 Å². The molecule has 1 atom stereocenters. The first-order chi connectivity index (χ1) is 6.90. The normalized spacial score (nSPS) is 20.4. The van der Waals surface area contributed by atoms with Crippen LogP contribution in [-0.2, 0) is 0 Å². The fourth-order valence-corrected chi connectivity index (χ4v) is 1.61. The number of anilines is 1. The number of hydrogen-bond donors (Lipinski definition) is 2. The molecule has 0 aliphatic carbocycles. The maximum absolute atomic E-state index is 8.82. The third kappa shape index (κ3) is 1.83. The second-order valence-electron chi connectivity index (χ2n) is 3.35. The molecule has 0 radical (unpaired) electrons. The van der Waals surface area contributed by atoms with Crippen LogP contribution < -0.4 is 10.6 Å². The van der Waals surface area contributed by atoms with E-state index in [4.69, 9.17) is 5.26 Å². The molecule has 4 heteroatoms. The van der Waals surface area contributed by atoms with Crippen LogP contribution in [0, 0.1) is 11.3 Å². The summed E-state index contributed by atoms with van der Waals surface area (Å²) in [6, 6.07) is 6.23. The highest BCUT2D eigenvalue weighted by molar-refractivity contribution is 5.53. The highest BCUT2D eigenvalue weighted by Crippen LogP contribution is 2.14. The van der Waals surface area contributed by atoms with Gasteiger partial charge in [0.05, 0.1) is 5.69 Å². The average Bonchev–Trinajstić information content (AvgIpc) is 2.71. The van der Waals surface area contributed by atoms with Crippen molar-refractivity contribution in [1.82, 2.24) is 10.3 Å². The second kappa shape index (κ2) is 4.07. The molecule has 2 heterocycles. The molecule has 2 rings (SSSR count). The van der Waals surface area contributed by atoms with Gasteiger partial charge in [0.25, 0.3) is 0 Å². The van der Waals surface area contributed by atoms with Crippen molar-refractivity contribution in [3.05, 3.63) is 24.0 Å². The minimum Gasteiger partial charge on any atom is -0.379 e. The minimum atomic E-state index is 0.422. The Bertz CT molecular complexity index is 349. The van der Waals surface area contributed by atoms with E-state index >= 15 is 0 Å². The molecular formula is C10H12N4. The molecule has 1 aliphatic heterocycles. The number of aromatic nitrogens is 1. The highest BCUT2D eigenvalue weighted by atomic mass is 15.0. The molecule has 2 N–H and O–H groups in total. The Morgan fingerprint density at radius 3 is 3.29 bits per heavy atom. The SMILES string of the molecule is N#Cc1ncccc1NC1CCNC1. The van der Waals surface area contributed by atoms with Gasteiger partial charge in [-0.3, -0.25) is 0 Å². The Morgan fingerprint density at radius 2 is 2.57 bits per heavy atom. The molecule has 1 aromatic heterocycles. The Kier molecular flexibility index (Phi) is 2.61. The molecule has 0 spiro atoms. The van der Waals surface area contributed by atoms with Crippen LogP contribution in [0.25, 0.3) is 0 Å². The number of nitrogens with one attached hydrogen (secondary N) is 2. The lowest BCUT2D eigenvalue weighted by molar-refractivity contribution is 0.792. The van der Waals surface area contributed by atoms with E-state index in [1.54, 1.807) is 6.20 Å². The zero-order valence-corrected chi connectivity index (χ0v) is 7.83. The van der Waals surface area contributed by atoms with Gasteiger partial charge in [0.2, 0.25) is 0 Å². The van der Waals surface area contributed by atoms with Gasteiger partial charge >= 0.3 is 0 Å². The summed E-state index contributed by atoms with van der Waals surface area (Å²) in [7, 11) is 0. The van der Waals surface area contributed by atoms with Gasteiger partial charge in [0.1, 0.15) is 6.07 Å². The first-order valence-corrected chi connectivity index (χ1v) is 4.72. The number of nitrogens with zero attached hydrogens (tertiary/aromatic N) is 2. The zero-order valence-electron chi connectivity index (χ0n) is 7.83. The Labute approximate surface area is 83.0 Å². The standard InChI is InChI=1S/C10H12N4/c11-6-10-9(2-1-4-13-10)14-8-3-5-12-7-8/h1-2,4,8,12,14H,3,5,7H2. The van der Waals surface area contributed by atoms with Crippen LogP contribution in [0.1, 0.15) is 12.1 Å². The number of rotatable bonds is 2. The number of nitriles is 1. The topological polar surface area (TPSA) is 60.7 Å². The third-order valence-corrected chi connectivity index (χ3v) is 2.33. The van der Waals surface area contributed by atoms with Gasteiger partial charge in [-0.1, -0.05) is 0 Å². The predicted octanol–water partition coefficient (Wildman–Crippen LogP) is 0.727. The molecular weight excluding hydrogens is 176 g/mol. The predicted molar refractivity (Wildman–Crippen MR) is 53.8 cm³/mol. The molecule has 0 aromatic carbocycles. The van der Waals surface area contributed by atoms with E-state index in [2.05, 4.69) is 21.7 Å². The van der Waals surface area contributed by atoms with Gasteiger partial charge in [0.15, 0.2) is 5.69 Å². The quantitative estimate of drug-likeness (QED) is 0.718. The van der Waals surface area contributed by atoms with Gasteiger partial charge in [0, 0.05) is 18.8 Å². The largest absolute Gasteiger partial charge is 0.379 e. The number of pyridine rings is 1. The molecule has 1 unspecified atom stereocenters. The maximum Gasteiger partial charge on any atom is 0.163 e. The van der Waals surface area contributed by atoms with E-state index in [1.807, 2.05) is 12.1 Å². The lowest BCUT2D eigenvalue weighted by Crippen LogP contribution is -2.22. The van der Waals surface area contributed by atoms with Gasteiger partial charge in [-0.25, -0.2) is 4.98 Å². The van der Waals surface area contributed by atoms with E-state index in [1.165, 1.54) is 0 Å². The summed E-state index contributed by atoms with van der Waals surface area (Å²) in [5.41, 5.74) is 1.31. The summed E-state index contributed by atoms with van der Waals surface area (Å²) in [5.74, 6) is 0. The van der Waals surface area contributed by atoms with Crippen LogP contribution >= 0.6 is 0 Å². The lowest BCUT2D eigenvalue weighted by Gasteiger charge is -2.12. The summed E-state index contributed by atoms with van der Waals surface area (Å²) in [6.45, 7) is 2.00. The van der Waals surface area contributed by atoms with Crippen LogP contribution in [0.15, 0.2) is 18.3 Å². The van der Waals surface area contributed by atoms with Crippen molar-refractivity contribution in [2.24, 2.45) is 0 Å². The molecule has 0 bridgehead atoms. The average molecular weight is 188 g/mol. The van der Waals surface area contributed by atoms with Crippen molar-refractivity contribution in [2.45, 2.75) is 12.5 Å². The monoisotopic (exact) mass is 188 g/mol. The third-order valence-electron chi connectivity index (χ3n) is 2.33. The van der Waals surface area contributed by atoms with Crippen molar-refractivity contribution in [3.8, 4) is 6.07 Å². The summed E-state index contributed by atoms with van der Waals surface area (Å²) < 4.78 is 0. The molecule has 1 saturated heterocycles. The molecule has 1 aromatic rings. The van der Waals surface area contributed by atoms with Gasteiger partial charge in [-0.15, -0.1) is 0 Å². The molecule has 14 heavy (non-hydrogen) atoms. The van der Waals surface area contributed by atoms with Crippen LogP contribution in [-0.4, -0.2) is 24.1 Å². The van der Waals surface area contributed by atoms with Crippen molar-refractivity contribution in [3.63, 3.8) is 0 Å². The van der Waals surface area contributed by atoms with Gasteiger partial charge in [-0.2, -0.15) is 5.26 Å². The molecule has 4 nitrogen and oxygen atoms in total. The van der Waals surface area contributed by atoms with Crippen LogP contribution in [0.5, 0.6) is 0 Å². The van der Waals surface area contributed by atoms with E-state index in [0.29, 0.717) is 11.7 Å². The van der Waals surface area contributed by atoms with Gasteiger partial charge in [-0.05, 0) is 25.1 Å². The van der Waals surface area contributed by atoms with Gasteiger partial charge < -0.3 is 10.6 Å². The summed E-state index contributed by atoms with van der Waals surface area (Å²) in [5, 5.41) is 15.4. The Morgan fingerprint density at radius 1 is 1.64 bits per heavy atom. The van der Waals surface area contributed by atoms with Crippen molar-refractivity contribution < 1.29 is 0 Å². The molecule has 0 amide bonds. The summed E-state index contributed by atoms with van der Waals surface area (Å²) in [6.07, 6.45) is 2.73. The molecule has 72 valence electrons. The Hall–Kier alpha value is -1.60. The van der Waals surface area contributed by atoms with Crippen LogP contribution in [0.2, 0.25) is 0 Å². The molecule has 1 fully saturated rings. The van der Waals surface area contributed by atoms with Crippen LogP contribution in [0.4, 0.5) is 5.69 Å². The number of hydrogen-bond acceptors (Lipinski definition) is 4. The first kappa shape index (κ1) is 8.97. The fraction of sp³-hybridized carbons (Fsp3) is 0.400. The van der Waals surface area contributed by atoms with E-state index < -0.39 is 0 Å². The molecule has 0 saturated carbocycles. The fourth-order valence-electron chi connectivity index (χ4n) is 1.61. The lowest BCUT2D eigenvalue weighted by atomic mass is 10.2. The summed E-state index contributed by atoms with van der Waals surface area (Å²) >= 11 is 0. The first-order valence-electron chi connectivity index (χ1n) is 4.72. The van der Waals surface area contributed by atoms with Crippen molar-refractivity contribution in [1.29, 1.82) is 5.26 Å². The van der Waals surface area contributed by atoms with E-state index in [0.717, 1.165) is 25.2 Å². The molecule has 1 aliphatic rings. The highest BCUT2D eigenvalue weighted by Gasteiger charge is 2.15. The Balaban J connectivity index is 2.11. The second-order valence-corrected chi connectivity index (χ2v) is 3.35. The zero-order chi connectivity index (χ0) is 9.80. The van der Waals surface area contributed by atoms with Crippen molar-refractivity contribution >= 4 is 5.69 Å². The maximum atomic E-state index is 8.82. The summed E-state index contributed by atoms with van der Waals surface area (Å²) in [4.78, 5) is 4.00. The van der Waals surface area contributed by atoms with Crippen molar-refractivity contribution in [2.75, 3.05) is 18.4 Å². The van der Waals surface area contributed by atoms with E-state index in [9.17, 15) is 0 Å². The smallest absolute Gasteiger partial charge is 0.163 e.